The molecule has 1 atom stereocenters. The SMILES string of the molecule is CC[C@H](C)NC(=O)CN(c1ccc(C)c(C)c1)S(=O)(=O)c1cc(C)ccc1OC. The lowest BCUT2D eigenvalue weighted by Gasteiger charge is -2.26. The predicted molar refractivity (Wildman–Crippen MR) is 116 cm³/mol. The van der Waals surface area contributed by atoms with Gasteiger partial charge in [-0.1, -0.05) is 19.1 Å². The van der Waals surface area contributed by atoms with Gasteiger partial charge in [-0.2, -0.15) is 0 Å². The van der Waals surface area contributed by atoms with Gasteiger partial charge in [-0.25, -0.2) is 8.42 Å². The number of amides is 1. The van der Waals surface area contributed by atoms with E-state index in [4.69, 9.17) is 4.74 Å². The Balaban J connectivity index is 2.58. The molecule has 0 aliphatic heterocycles. The van der Waals surface area contributed by atoms with Crippen LogP contribution in [-0.2, 0) is 14.8 Å². The molecule has 6 nitrogen and oxygen atoms in total. The second kappa shape index (κ2) is 9.31. The van der Waals surface area contributed by atoms with Crippen LogP contribution in [0.4, 0.5) is 5.69 Å². The van der Waals surface area contributed by atoms with E-state index in [9.17, 15) is 13.2 Å². The molecular weight excluding hydrogens is 388 g/mol. The third kappa shape index (κ3) is 5.29. The number of rotatable bonds is 8. The summed E-state index contributed by atoms with van der Waals surface area (Å²) in [6, 6.07) is 10.3. The molecule has 2 aromatic rings. The van der Waals surface area contributed by atoms with Crippen LogP contribution in [0.25, 0.3) is 0 Å². The van der Waals surface area contributed by atoms with Gasteiger partial charge < -0.3 is 10.1 Å². The van der Waals surface area contributed by atoms with Gasteiger partial charge in [0.1, 0.15) is 17.2 Å². The molecule has 0 fully saturated rings. The van der Waals surface area contributed by atoms with Crippen LogP contribution >= 0.6 is 0 Å². The number of ether oxygens (including phenoxy) is 1. The molecule has 0 bridgehead atoms. The molecule has 0 aliphatic carbocycles. The van der Waals surface area contributed by atoms with Crippen molar-refractivity contribution in [1.82, 2.24) is 5.32 Å². The number of nitrogens with zero attached hydrogens (tertiary/aromatic N) is 1. The van der Waals surface area contributed by atoms with Gasteiger partial charge in [0.2, 0.25) is 5.91 Å². The number of nitrogens with one attached hydrogen (secondary N) is 1. The average Bonchev–Trinajstić information content (AvgIpc) is 2.68. The van der Waals surface area contributed by atoms with Crippen molar-refractivity contribution in [3.05, 3.63) is 53.1 Å². The van der Waals surface area contributed by atoms with E-state index in [1.54, 1.807) is 30.3 Å². The number of anilines is 1. The van der Waals surface area contributed by atoms with E-state index in [1.807, 2.05) is 40.7 Å². The maximum Gasteiger partial charge on any atom is 0.268 e. The molecule has 0 saturated carbocycles. The summed E-state index contributed by atoms with van der Waals surface area (Å²) >= 11 is 0. The molecule has 2 rings (SSSR count). The summed E-state index contributed by atoms with van der Waals surface area (Å²) in [5.41, 5.74) is 3.22. The van der Waals surface area contributed by atoms with Crippen LogP contribution in [0.3, 0.4) is 0 Å². The first-order valence-corrected chi connectivity index (χ1v) is 11.1. The fourth-order valence-corrected chi connectivity index (χ4v) is 4.51. The van der Waals surface area contributed by atoms with Crippen LogP contribution in [0.5, 0.6) is 5.75 Å². The summed E-state index contributed by atoms with van der Waals surface area (Å²) in [7, 11) is -2.61. The van der Waals surface area contributed by atoms with Crippen molar-refractivity contribution in [3.8, 4) is 5.75 Å². The van der Waals surface area contributed by atoms with E-state index in [0.29, 0.717) is 5.69 Å². The zero-order valence-electron chi connectivity index (χ0n) is 17.9. The number of hydrogen-bond donors (Lipinski definition) is 1. The molecule has 1 N–H and O–H groups in total. The first kappa shape index (κ1) is 22.7. The lowest BCUT2D eigenvalue weighted by Crippen LogP contribution is -2.43. The molecule has 158 valence electrons. The van der Waals surface area contributed by atoms with E-state index in [0.717, 1.165) is 27.4 Å². The van der Waals surface area contributed by atoms with Crippen molar-refractivity contribution in [1.29, 1.82) is 0 Å². The number of hydrogen-bond acceptors (Lipinski definition) is 4. The summed E-state index contributed by atoms with van der Waals surface area (Å²) in [6.45, 7) is 9.21. The Kier molecular flexibility index (Phi) is 7.30. The molecule has 2 aromatic carbocycles. The first-order valence-electron chi connectivity index (χ1n) is 9.64. The molecule has 0 spiro atoms. The topological polar surface area (TPSA) is 75.7 Å². The molecule has 0 unspecified atom stereocenters. The minimum Gasteiger partial charge on any atom is -0.495 e. The minimum atomic E-state index is -4.04. The highest BCUT2D eigenvalue weighted by Gasteiger charge is 2.30. The van der Waals surface area contributed by atoms with E-state index in [-0.39, 0.29) is 29.1 Å². The Hall–Kier alpha value is -2.54. The van der Waals surface area contributed by atoms with Gasteiger partial charge in [0.25, 0.3) is 10.0 Å². The zero-order chi connectivity index (χ0) is 21.8. The summed E-state index contributed by atoms with van der Waals surface area (Å²) in [5, 5.41) is 2.84. The van der Waals surface area contributed by atoms with E-state index in [1.165, 1.54) is 7.11 Å². The standard InChI is InChI=1S/C22H30N2O4S/c1-7-18(5)23-22(25)14-24(19-10-9-16(3)17(4)13-19)29(26,27)21-12-15(2)8-11-20(21)28-6/h8-13,18H,7,14H2,1-6H3,(H,23,25)/t18-/m0/s1. The van der Waals surface area contributed by atoms with Gasteiger partial charge in [-0.3, -0.25) is 9.10 Å². The third-order valence-corrected chi connectivity index (χ3v) is 6.77. The second-order valence-electron chi connectivity index (χ2n) is 7.31. The summed E-state index contributed by atoms with van der Waals surface area (Å²) < 4.78 is 33.7. The predicted octanol–water partition coefficient (Wildman–Crippen LogP) is 3.73. The molecule has 0 saturated heterocycles. The van der Waals surface area contributed by atoms with Crippen molar-refractivity contribution in [2.75, 3.05) is 18.0 Å². The lowest BCUT2D eigenvalue weighted by molar-refractivity contribution is -0.120. The molecule has 0 radical (unpaired) electrons. The average molecular weight is 419 g/mol. The first-order chi connectivity index (χ1) is 13.6. The van der Waals surface area contributed by atoms with Crippen LogP contribution in [0.2, 0.25) is 0 Å². The van der Waals surface area contributed by atoms with Gasteiger partial charge >= 0.3 is 0 Å². The van der Waals surface area contributed by atoms with E-state index >= 15 is 0 Å². The highest BCUT2D eigenvalue weighted by atomic mass is 32.2. The highest BCUT2D eigenvalue weighted by Crippen LogP contribution is 2.31. The fourth-order valence-electron chi connectivity index (χ4n) is 2.85. The number of carbonyl (C=O) groups excluding carboxylic acids is 1. The van der Waals surface area contributed by atoms with E-state index < -0.39 is 10.0 Å². The van der Waals surface area contributed by atoms with Crippen LogP contribution < -0.4 is 14.4 Å². The molecule has 0 aromatic heterocycles. The quantitative estimate of drug-likeness (QED) is 0.709. The number of sulfonamides is 1. The normalized spacial score (nSPS) is 12.3. The number of carbonyl (C=O) groups is 1. The molecule has 1 amide bonds. The van der Waals surface area contributed by atoms with Gasteiger partial charge in [0, 0.05) is 6.04 Å². The monoisotopic (exact) mass is 418 g/mol. The van der Waals surface area contributed by atoms with Crippen molar-refractivity contribution in [3.63, 3.8) is 0 Å². The molecule has 0 aliphatic rings. The van der Waals surface area contributed by atoms with Crippen LogP contribution in [-0.4, -0.2) is 34.0 Å². The van der Waals surface area contributed by atoms with Crippen molar-refractivity contribution < 1.29 is 17.9 Å². The lowest BCUT2D eigenvalue weighted by atomic mass is 10.1. The third-order valence-electron chi connectivity index (χ3n) is 4.97. The molecule has 29 heavy (non-hydrogen) atoms. The summed E-state index contributed by atoms with van der Waals surface area (Å²) in [6.07, 6.45) is 0.758. The van der Waals surface area contributed by atoms with Crippen LogP contribution in [0.1, 0.15) is 37.0 Å². The summed E-state index contributed by atoms with van der Waals surface area (Å²) in [5.74, 6) is -0.112. The van der Waals surface area contributed by atoms with Gasteiger partial charge in [0.15, 0.2) is 0 Å². The van der Waals surface area contributed by atoms with Crippen molar-refractivity contribution in [2.45, 2.75) is 52.0 Å². The maximum atomic E-state index is 13.6. The van der Waals surface area contributed by atoms with Gasteiger partial charge in [-0.05, 0) is 75.1 Å². The van der Waals surface area contributed by atoms with E-state index in [2.05, 4.69) is 5.32 Å². The Morgan fingerprint density at radius 2 is 1.79 bits per heavy atom. The smallest absolute Gasteiger partial charge is 0.268 e. The molecule has 0 heterocycles. The Labute approximate surface area is 173 Å². The minimum absolute atomic E-state index is 0.0366. The maximum absolute atomic E-state index is 13.6. The zero-order valence-corrected chi connectivity index (χ0v) is 18.8. The Bertz CT molecular complexity index is 986. The molecule has 7 heteroatoms. The Morgan fingerprint density at radius 1 is 1.10 bits per heavy atom. The summed E-state index contributed by atoms with van der Waals surface area (Å²) in [4.78, 5) is 12.6. The second-order valence-corrected chi connectivity index (χ2v) is 9.14. The van der Waals surface area contributed by atoms with Crippen molar-refractivity contribution in [2.24, 2.45) is 0 Å². The molecular formula is C22H30N2O4S. The fraction of sp³-hybridized carbons (Fsp3) is 0.409. The largest absolute Gasteiger partial charge is 0.495 e. The number of benzene rings is 2. The van der Waals surface area contributed by atoms with Gasteiger partial charge in [0.05, 0.1) is 12.8 Å². The van der Waals surface area contributed by atoms with Crippen LogP contribution in [0, 0.1) is 20.8 Å². The number of methoxy groups -OCH3 is 1. The Morgan fingerprint density at radius 3 is 2.38 bits per heavy atom. The van der Waals surface area contributed by atoms with Crippen LogP contribution in [0.15, 0.2) is 41.3 Å². The van der Waals surface area contributed by atoms with Gasteiger partial charge in [-0.15, -0.1) is 0 Å². The highest BCUT2D eigenvalue weighted by molar-refractivity contribution is 7.93. The van der Waals surface area contributed by atoms with Crippen molar-refractivity contribution >= 4 is 21.6 Å². The number of aryl methyl sites for hydroxylation is 3.